The van der Waals surface area contributed by atoms with Gasteiger partial charge in [0.2, 0.25) is 5.91 Å². The summed E-state index contributed by atoms with van der Waals surface area (Å²) in [5.41, 5.74) is 5.55. The molecule has 0 aromatic rings. The second kappa shape index (κ2) is 5.32. The first-order valence-corrected chi connectivity index (χ1v) is 5.36. The van der Waals surface area contributed by atoms with Crippen molar-refractivity contribution in [2.45, 2.75) is 51.2 Å². The van der Waals surface area contributed by atoms with Gasteiger partial charge in [-0.2, -0.15) is 0 Å². The molecule has 4 heteroatoms. The Hall–Kier alpha value is -0.610. The molecular formula is C10H21N3O. The van der Waals surface area contributed by atoms with Gasteiger partial charge in [0.1, 0.15) is 0 Å². The van der Waals surface area contributed by atoms with E-state index in [0.29, 0.717) is 18.5 Å². The lowest BCUT2D eigenvalue weighted by molar-refractivity contribution is -0.122. The molecule has 1 saturated heterocycles. The molecule has 1 aliphatic rings. The summed E-state index contributed by atoms with van der Waals surface area (Å²) in [6.45, 7) is 4.98. The quantitative estimate of drug-likeness (QED) is 0.598. The molecule has 0 aromatic carbocycles. The van der Waals surface area contributed by atoms with Gasteiger partial charge in [0.05, 0.1) is 0 Å². The minimum atomic E-state index is -0.0471. The lowest BCUT2D eigenvalue weighted by atomic mass is 10.0. The highest BCUT2D eigenvalue weighted by Gasteiger charge is 2.19. The zero-order valence-electron chi connectivity index (χ0n) is 9.05. The van der Waals surface area contributed by atoms with Gasteiger partial charge in [-0.3, -0.25) is 4.79 Å². The number of hydrogen-bond donors (Lipinski definition) is 3. The zero-order valence-corrected chi connectivity index (χ0v) is 9.05. The highest BCUT2D eigenvalue weighted by molar-refractivity contribution is 5.76. The Bertz CT molecular complexity index is 194. The molecule has 1 amide bonds. The number of nitrogens with one attached hydrogen (secondary N) is 2. The van der Waals surface area contributed by atoms with E-state index in [-0.39, 0.29) is 11.9 Å². The van der Waals surface area contributed by atoms with Crippen LogP contribution >= 0.6 is 0 Å². The van der Waals surface area contributed by atoms with Gasteiger partial charge >= 0.3 is 0 Å². The molecule has 1 aliphatic heterocycles. The maximum Gasteiger partial charge on any atom is 0.221 e. The van der Waals surface area contributed by atoms with Gasteiger partial charge in [0.15, 0.2) is 0 Å². The highest BCUT2D eigenvalue weighted by Crippen LogP contribution is 2.08. The van der Waals surface area contributed by atoms with Gasteiger partial charge in [0.25, 0.3) is 0 Å². The molecule has 82 valence electrons. The van der Waals surface area contributed by atoms with Gasteiger partial charge in [-0.1, -0.05) is 0 Å². The summed E-state index contributed by atoms with van der Waals surface area (Å²) in [5.74, 6) is 0.0825. The Morgan fingerprint density at radius 2 is 2.43 bits per heavy atom. The van der Waals surface area contributed by atoms with Crippen molar-refractivity contribution in [3.8, 4) is 0 Å². The third kappa shape index (κ3) is 4.07. The second-order valence-electron chi connectivity index (χ2n) is 4.33. The minimum Gasteiger partial charge on any atom is -0.353 e. The van der Waals surface area contributed by atoms with Crippen molar-refractivity contribution in [1.29, 1.82) is 0 Å². The molecule has 0 aromatic heterocycles. The molecule has 1 rings (SSSR count). The van der Waals surface area contributed by atoms with Crippen LogP contribution < -0.4 is 16.4 Å². The predicted molar refractivity (Wildman–Crippen MR) is 56.9 cm³/mol. The smallest absolute Gasteiger partial charge is 0.221 e. The molecule has 1 fully saturated rings. The highest BCUT2D eigenvalue weighted by atomic mass is 16.1. The fourth-order valence-electron chi connectivity index (χ4n) is 1.84. The number of hydrogen-bond acceptors (Lipinski definition) is 3. The van der Waals surface area contributed by atoms with Crippen molar-refractivity contribution < 1.29 is 4.79 Å². The van der Waals surface area contributed by atoms with Crippen LogP contribution in [0.5, 0.6) is 0 Å². The molecule has 0 aliphatic carbocycles. The number of rotatable bonds is 3. The first-order valence-electron chi connectivity index (χ1n) is 5.36. The molecule has 0 spiro atoms. The second-order valence-corrected chi connectivity index (χ2v) is 4.33. The van der Waals surface area contributed by atoms with E-state index in [4.69, 9.17) is 5.73 Å². The SMILES string of the molecule is CC(N)CC(=O)NC1CCNC(C)C1. The Morgan fingerprint density at radius 3 is 3.00 bits per heavy atom. The van der Waals surface area contributed by atoms with Crippen molar-refractivity contribution in [3.63, 3.8) is 0 Å². The molecule has 0 radical (unpaired) electrons. The maximum absolute atomic E-state index is 11.4. The first-order chi connectivity index (χ1) is 6.58. The number of carbonyl (C=O) groups is 1. The average Bonchev–Trinajstić information content (AvgIpc) is 2.01. The van der Waals surface area contributed by atoms with Crippen molar-refractivity contribution >= 4 is 5.91 Å². The van der Waals surface area contributed by atoms with E-state index in [1.54, 1.807) is 0 Å². The Labute approximate surface area is 85.6 Å². The van der Waals surface area contributed by atoms with Crippen LogP contribution in [0.25, 0.3) is 0 Å². The van der Waals surface area contributed by atoms with Crippen LogP contribution in [-0.4, -0.2) is 30.6 Å². The molecule has 0 bridgehead atoms. The summed E-state index contributed by atoms with van der Waals surface area (Å²) in [5, 5.41) is 6.37. The average molecular weight is 199 g/mol. The van der Waals surface area contributed by atoms with Crippen molar-refractivity contribution in [2.75, 3.05) is 6.54 Å². The third-order valence-corrected chi connectivity index (χ3v) is 2.50. The van der Waals surface area contributed by atoms with Gasteiger partial charge in [-0.15, -0.1) is 0 Å². The number of amides is 1. The standard InChI is InChI=1S/C10H21N3O/c1-7(11)5-10(14)13-9-3-4-12-8(2)6-9/h7-9,12H,3-6,11H2,1-2H3,(H,13,14). The van der Waals surface area contributed by atoms with Crippen LogP contribution in [0.2, 0.25) is 0 Å². The van der Waals surface area contributed by atoms with Gasteiger partial charge < -0.3 is 16.4 Å². The molecular weight excluding hydrogens is 178 g/mol. The number of nitrogens with two attached hydrogens (primary N) is 1. The van der Waals surface area contributed by atoms with E-state index in [2.05, 4.69) is 17.6 Å². The largest absolute Gasteiger partial charge is 0.353 e. The van der Waals surface area contributed by atoms with Crippen LogP contribution in [0, 0.1) is 0 Å². The summed E-state index contributed by atoms with van der Waals surface area (Å²) >= 11 is 0. The van der Waals surface area contributed by atoms with E-state index in [9.17, 15) is 4.79 Å². The van der Waals surface area contributed by atoms with E-state index < -0.39 is 0 Å². The van der Waals surface area contributed by atoms with Crippen molar-refractivity contribution in [1.82, 2.24) is 10.6 Å². The fraction of sp³-hybridized carbons (Fsp3) is 0.900. The van der Waals surface area contributed by atoms with Crippen LogP contribution in [0.15, 0.2) is 0 Å². The monoisotopic (exact) mass is 199 g/mol. The summed E-state index contributed by atoms with van der Waals surface area (Å²) in [4.78, 5) is 11.4. The van der Waals surface area contributed by atoms with Gasteiger partial charge in [-0.05, 0) is 33.2 Å². The third-order valence-electron chi connectivity index (χ3n) is 2.50. The lowest BCUT2D eigenvalue weighted by Crippen LogP contribution is -2.47. The minimum absolute atomic E-state index is 0.0471. The predicted octanol–water partition coefficient (Wildman–Crippen LogP) is -0.0196. The van der Waals surface area contributed by atoms with Crippen LogP contribution in [-0.2, 0) is 4.79 Å². The molecule has 0 saturated carbocycles. The normalized spacial score (nSPS) is 29.6. The van der Waals surface area contributed by atoms with E-state index >= 15 is 0 Å². The summed E-state index contributed by atoms with van der Waals surface area (Å²) < 4.78 is 0. The molecule has 4 nitrogen and oxygen atoms in total. The fourth-order valence-corrected chi connectivity index (χ4v) is 1.84. The van der Waals surface area contributed by atoms with E-state index in [1.165, 1.54) is 0 Å². The van der Waals surface area contributed by atoms with Crippen molar-refractivity contribution in [2.24, 2.45) is 5.73 Å². The number of carbonyl (C=O) groups excluding carboxylic acids is 1. The lowest BCUT2D eigenvalue weighted by Gasteiger charge is -2.28. The van der Waals surface area contributed by atoms with Gasteiger partial charge in [-0.25, -0.2) is 0 Å². The summed E-state index contributed by atoms with van der Waals surface area (Å²) in [7, 11) is 0. The molecule has 3 unspecified atom stereocenters. The Kier molecular flexibility index (Phi) is 4.35. The van der Waals surface area contributed by atoms with Crippen LogP contribution in [0.3, 0.4) is 0 Å². The Morgan fingerprint density at radius 1 is 1.71 bits per heavy atom. The molecule has 4 N–H and O–H groups in total. The van der Waals surface area contributed by atoms with E-state index in [0.717, 1.165) is 19.4 Å². The maximum atomic E-state index is 11.4. The topological polar surface area (TPSA) is 67.2 Å². The van der Waals surface area contributed by atoms with Crippen molar-refractivity contribution in [3.05, 3.63) is 0 Å². The van der Waals surface area contributed by atoms with Crippen LogP contribution in [0.4, 0.5) is 0 Å². The molecule has 3 atom stereocenters. The zero-order chi connectivity index (χ0) is 10.6. The van der Waals surface area contributed by atoms with E-state index in [1.807, 2.05) is 6.92 Å². The van der Waals surface area contributed by atoms with Crippen LogP contribution in [0.1, 0.15) is 33.1 Å². The molecule has 1 heterocycles. The number of piperidine rings is 1. The molecule has 14 heavy (non-hydrogen) atoms. The first kappa shape index (κ1) is 11.5. The Balaban J connectivity index is 2.25. The van der Waals surface area contributed by atoms with Gasteiger partial charge in [0, 0.05) is 24.5 Å². The summed E-state index contributed by atoms with van der Waals surface area (Å²) in [6, 6.07) is 0.788. The summed E-state index contributed by atoms with van der Waals surface area (Å²) in [6.07, 6.45) is 2.47.